The van der Waals surface area contributed by atoms with Crippen LogP contribution in [0.25, 0.3) is 33.5 Å². The Bertz CT molecular complexity index is 1830. The monoisotopic (exact) mass is 557 g/mol. The maximum atomic E-state index is 5.32. The molecule has 0 saturated heterocycles. The Balaban J connectivity index is 1.44. The predicted molar refractivity (Wildman–Crippen MR) is 168 cm³/mol. The molecule has 4 heterocycles. The summed E-state index contributed by atoms with van der Waals surface area (Å²) in [6.07, 6.45) is 6.43. The van der Waals surface area contributed by atoms with Crippen molar-refractivity contribution in [2.24, 2.45) is 18.9 Å². The molecule has 0 spiro atoms. The molecule has 0 bridgehead atoms. The van der Waals surface area contributed by atoms with Crippen LogP contribution in [0.3, 0.4) is 0 Å². The summed E-state index contributed by atoms with van der Waals surface area (Å²) in [5.41, 5.74) is 8.61. The fourth-order valence-electron chi connectivity index (χ4n) is 8.76. The van der Waals surface area contributed by atoms with Gasteiger partial charge in [0.05, 0.1) is 11.1 Å². The number of pyridine rings is 1. The minimum absolute atomic E-state index is 0.0329. The summed E-state index contributed by atoms with van der Waals surface area (Å²) < 4.78 is 7.12. The van der Waals surface area contributed by atoms with Crippen molar-refractivity contribution in [1.29, 1.82) is 0 Å². The van der Waals surface area contributed by atoms with Crippen LogP contribution >= 0.6 is 0 Å². The average Bonchev–Trinajstić information content (AvgIpc) is 3.39. The zero-order valence-corrected chi connectivity index (χ0v) is 26.1. The maximum absolute atomic E-state index is 5.32. The second-order valence-corrected chi connectivity index (χ2v) is 13.9. The Morgan fingerprint density at radius 1 is 1.00 bits per heavy atom. The van der Waals surface area contributed by atoms with Crippen molar-refractivity contribution in [3.63, 3.8) is 0 Å². The van der Waals surface area contributed by atoms with E-state index >= 15 is 0 Å². The lowest BCUT2D eigenvalue weighted by Gasteiger charge is -2.67. The fraction of sp³-hybridized carbons (Fsp3) is 0.405. The number of fused-ring (bicyclic) bond motifs is 8. The molecule has 1 saturated carbocycles. The maximum Gasteiger partial charge on any atom is 0.287 e. The summed E-state index contributed by atoms with van der Waals surface area (Å²) in [4.78, 5) is 5.02. The molecule has 214 valence electrons. The number of hydrogen-bond acceptors (Lipinski definition) is 2. The molecule has 0 N–H and O–H groups in total. The number of nitrogens with zero attached hydrogens (tertiary/aromatic N) is 5. The molecule has 0 radical (unpaired) electrons. The third-order valence-electron chi connectivity index (χ3n) is 10.6. The summed E-state index contributed by atoms with van der Waals surface area (Å²) in [7, 11) is 2.13. The van der Waals surface area contributed by atoms with E-state index in [2.05, 4.69) is 148 Å². The molecule has 7 rings (SSSR count). The quantitative estimate of drug-likeness (QED) is 0.220. The topological polar surface area (TPSA) is 38.5 Å². The number of benzene rings is 2. The number of rotatable bonds is 5. The lowest BCUT2D eigenvalue weighted by atomic mass is 9.39. The molecule has 1 fully saturated rings. The predicted octanol–water partition coefficient (Wildman–Crippen LogP) is 6.91. The first-order valence-corrected chi connectivity index (χ1v) is 15.6. The molecule has 5 aromatic rings. The average molecular weight is 558 g/mol. The minimum Gasteiger partial charge on any atom is -0.258 e. The largest absolute Gasteiger partial charge is 0.287 e. The van der Waals surface area contributed by atoms with Gasteiger partial charge in [-0.25, -0.2) is 4.57 Å². The van der Waals surface area contributed by atoms with Crippen LogP contribution < -0.4 is 9.13 Å². The highest BCUT2D eigenvalue weighted by atomic mass is 15.3. The van der Waals surface area contributed by atoms with Crippen molar-refractivity contribution in [2.75, 3.05) is 0 Å². The van der Waals surface area contributed by atoms with Gasteiger partial charge in [0.1, 0.15) is 24.0 Å². The summed E-state index contributed by atoms with van der Waals surface area (Å²) >= 11 is 0. The molecular formula is C37H43N5+2. The first kappa shape index (κ1) is 27.0. The van der Waals surface area contributed by atoms with Gasteiger partial charge in [-0.1, -0.05) is 77.9 Å². The summed E-state index contributed by atoms with van der Waals surface area (Å²) in [5.74, 6) is 0.851. The van der Waals surface area contributed by atoms with Crippen molar-refractivity contribution in [3.8, 4) is 22.6 Å². The van der Waals surface area contributed by atoms with Crippen LogP contribution in [0, 0.1) is 11.8 Å². The number of hydrogen-bond donors (Lipinski definition) is 0. The SMILES string of the molecule is CCC12CC(Cn3nc(C(C)(C)C)cc3-c3cccc[n+]3C)C1(C(C)C)c1ccccc1-c1c3ccccc3nc[n+]12. The highest BCUT2D eigenvalue weighted by molar-refractivity contribution is 5.92. The Morgan fingerprint density at radius 3 is 2.48 bits per heavy atom. The third-order valence-corrected chi connectivity index (χ3v) is 10.6. The molecule has 5 nitrogen and oxygen atoms in total. The van der Waals surface area contributed by atoms with Crippen molar-refractivity contribution >= 4 is 10.9 Å². The van der Waals surface area contributed by atoms with E-state index in [1.165, 1.54) is 33.6 Å². The van der Waals surface area contributed by atoms with Crippen molar-refractivity contribution in [3.05, 3.63) is 96.6 Å². The van der Waals surface area contributed by atoms with Crippen LogP contribution in [0.2, 0.25) is 0 Å². The first-order chi connectivity index (χ1) is 20.1. The molecule has 3 aromatic heterocycles. The first-order valence-electron chi connectivity index (χ1n) is 15.6. The number of aryl methyl sites for hydroxylation is 1. The van der Waals surface area contributed by atoms with Crippen LogP contribution in [0.5, 0.6) is 0 Å². The molecule has 3 atom stereocenters. The van der Waals surface area contributed by atoms with E-state index in [9.17, 15) is 0 Å². The van der Waals surface area contributed by atoms with Gasteiger partial charge in [-0.05, 0) is 59.5 Å². The molecule has 2 aromatic carbocycles. The van der Waals surface area contributed by atoms with Gasteiger partial charge in [0.25, 0.3) is 6.33 Å². The van der Waals surface area contributed by atoms with Crippen molar-refractivity contribution in [2.45, 2.75) is 77.3 Å². The van der Waals surface area contributed by atoms with Gasteiger partial charge in [-0.15, -0.1) is 0 Å². The van der Waals surface area contributed by atoms with E-state index < -0.39 is 0 Å². The van der Waals surface area contributed by atoms with E-state index in [0.29, 0.717) is 11.8 Å². The van der Waals surface area contributed by atoms with E-state index in [0.717, 1.165) is 30.6 Å². The van der Waals surface area contributed by atoms with E-state index in [-0.39, 0.29) is 16.4 Å². The summed E-state index contributed by atoms with van der Waals surface area (Å²) in [6.45, 7) is 14.9. The van der Waals surface area contributed by atoms with Crippen molar-refractivity contribution < 1.29 is 9.13 Å². The zero-order valence-electron chi connectivity index (χ0n) is 26.1. The molecule has 1 aliphatic carbocycles. The Hall–Kier alpha value is -3.86. The van der Waals surface area contributed by atoms with Gasteiger partial charge in [-0.2, -0.15) is 9.67 Å². The fourth-order valence-corrected chi connectivity index (χ4v) is 8.76. The molecule has 3 unspecified atom stereocenters. The molecule has 2 aliphatic rings. The molecule has 0 amide bonds. The standard InChI is InChI=1S/C37H43N5/c1-8-36-22-26(23-42-32(21-33(39-42)35(4,5)6)31-19-13-14-20-40(31)7)37(36,25(2)3)29-17-11-9-15-27(29)34-28-16-10-12-18-30(28)38-24-41(34)36/h9-21,24-26H,8,22-23H2,1-7H3/q+2. The number of aromatic nitrogens is 5. The lowest BCUT2D eigenvalue weighted by molar-refractivity contribution is -0.791. The minimum atomic E-state index is -0.0515. The van der Waals surface area contributed by atoms with E-state index in [1.54, 1.807) is 0 Å². The van der Waals surface area contributed by atoms with Crippen molar-refractivity contribution in [1.82, 2.24) is 14.8 Å². The van der Waals surface area contributed by atoms with Gasteiger partial charge in [0.15, 0.2) is 11.7 Å². The second kappa shape index (κ2) is 9.32. The van der Waals surface area contributed by atoms with Crippen LogP contribution in [0.15, 0.2) is 85.3 Å². The van der Waals surface area contributed by atoms with Crippen LogP contribution in [-0.4, -0.2) is 14.8 Å². The normalized spacial score (nSPS) is 22.9. The van der Waals surface area contributed by atoms with Gasteiger partial charge < -0.3 is 0 Å². The zero-order chi connectivity index (χ0) is 29.4. The molecule has 42 heavy (non-hydrogen) atoms. The molecule has 1 aliphatic heterocycles. The van der Waals surface area contributed by atoms with Gasteiger partial charge in [0.2, 0.25) is 5.69 Å². The molecular weight excluding hydrogens is 514 g/mol. The Kier molecular flexibility index (Phi) is 5.99. The van der Waals surface area contributed by atoms with E-state index in [4.69, 9.17) is 10.1 Å². The Labute approximate surface area is 249 Å². The Morgan fingerprint density at radius 2 is 1.74 bits per heavy atom. The van der Waals surface area contributed by atoms with Gasteiger partial charge >= 0.3 is 0 Å². The third kappa shape index (κ3) is 3.49. The van der Waals surface area contributed by atoms with Crippen LogP contribution in [0.4, 0.5) is 0 Å². The van der Waals surface area contributed by atoms with Gasteiger partial charge in [0, 0.05) is 35.1 Å². The van der Waals surface area contributed by atoms with Crippen LogP contribution in [-0.2, 0) is 30.0 Å². The second-order valence-electron chi connectivity index (χ2n) is 13.9. The lowest BCUT2D eigenvalue weighted by Crippen LogP contribution is -2.81. The summed E-state index contributed by atoms with van der Waals surface area (Å²) in [5, 5.41) is 6.56. The van der Waals surface area contributed by atoms with Crippen LogP contribution in [0.1, 0.15) is 65.6 Å². The van der Waals surface area contributed by atoms with E-state index in [1.807, 2.05) is 0 Å². The molecule has 5 heteroatoms. The summed E-state index contributed by atoms with van der Waals surface area (Å²) in [6, 6.07) is 26.6. The highest BCUT2D eigenvalue weighted by Gasteiger charge is 2.73. The van der Waals surface area contributed by atoms with Gasteiger partial charge in [-0.3, -0.25) is 4.68 Å². The smallest absolute Gasteiger partial charge is 0.258 e. The highest BCUT2D eigenvalue weighted by Crippen LogP contribution is 2.67. The number of para-hydroxylation sites is 1.